The van der Waals surface area contributed by atoms with Crippen LogP contribution in [-0.2, 0) is 0 Å². The Balaban J connectivity index is 0. The van der Waals surface area contributed by atoms with Gasteiger partial charge in [0.1, 0.15) is 0 Å². The Morgan fingerprint density at radius 1 is 0.875 bits per heavy atom. The van der Waals surface area contributed by atoms with Gasteiger partial charge < -0.3 is 6.15 Å². The molecule has 8 heavy (non-hydrogen) atoms. The van der Waals surface area contributed by atoms with Crippen LogP contribution in [0.1, 0.15) is 0 Å². The van der Waals surface area contributed by atoms with E-state index in [2.05, 4.69) is 4.98 Å². The molecule has 0 radical (unpaired) electrons. The van der Waals surface area contributed by atoms with Crippen molar-refractivity contribution in [2.24, 2.45) is 0 Å². The van der Waals surface area contributed by atoms with Gasteiger partial charge in [-0.25, -0.2) is 0 Å². The Bertz CT molecular complexity index is 82.4. The van der Waals surface area contributed by atoms with E-state index < -0.39 is 0 Å². The SMILES string of the molecule is B.N.c1ccncc1. The van der Waals surface area contributed by atoms with Crippen molar-refractivity contribution >= 4 is 8.41 Å². The van der Waals surface area contributed by atoms with Gasteiger partial charge in [-0.3, -0.25) is 4.98 Å². The first-order chi connectivity index (χ1) is 3.00. The van der Waals surface area contributed by atoms with E-state index in [-0.39, 0.29) is 14.6 Å². The lowest BCUT2D eigenvalue weighted by Crippen LogP contribution is -1.58. The normalized spacial score (nSPS) is 6.00. The van der Waals surface area contributed by atoms with E-state index in [1.807, 2.05) is 18.2 Å². The molecule has 3 N–H and O–H groups in total. The molecule has 1 aromatic heterocycles. The van der Waals surface area contributed by atoms with Gasteiger partial charge in [0.25, 0.3) is 0 Å². The number of hydrogen-bond donors (Lipinski definition) is 1. The summed E-state index contributed by atoms with van der Waals surface area (Å²) in [5.41, 5.74) is 0. The molecule has 0 aliphatic carbocycles. The standard InChI is InChI=1S/C5H5N.BH3.H3N/c1-2-4-6-5-3-1;;/h1-5H;2*1H3. The number of aromatic nitrogens is 1. The minimum atomic E-state index is 0. The van der Waals surface area contributed by atoms with E-state index >= 15 is 0 Å². The first-order valence-electron chi connectivity index (χ1n) is 1.85. The van der Waals surface area contributed by atoms with Gasteiger partial charge in [0.2, 0.25) is 0 Å². The second-order valence-electron chi connectivity index (χ2n) is 1.02. The van der Waals surface area contributed by atoms with Crippen molar-refractivity contribution < 1.29 is 0 Å². The largest absolute Gasteiger partial charge is 0.344 e. The van der Waals surface area contributed by atoms with E-state index in [1.54, 1.807) is 12.4 Å². The van der Waals surface area contributed by atoms with Gasteiger partial charge in [0.15, 0.2) is 0 Å². The second-order valence-corrected chi connectivity index (χ2v) is 1.02. The zero-order chi connectivity index (χ0) is 4.24. The Kier molecular flexibility index (Phi) is 7.89. The molecule has 44 valence electrons. The lowest BCUT2D eigenvalue weighted by atomic mass is 10.5. The zero-order valence-corrected chi connectivity index (χ0v) is 4.04. The summed E-state index contributed by atoms with van der Waals surface area (Å²) in [7, 11) is 0. The van der Waals surface area contributed by atoms with Crippen LogP contribution in [0.25, 0.3) is 0 Å². The molecule has 3 heteroatoms. The molecule has 0 atom stereocenters. The average Bonchev–Trinajstić information content (AvgIpc) is 1.72. The summed E-state index contributed by atoms with van der Waals surface area (Å²) < 4.78 is 0. The maximum Gasteiger partial charge on any atom is 0.0814 e. The minimum Gasteiger partial charge on any atom is -0.344 e. The van der Waals surface area contributed by atoms with E-state index in [0.29, 0.717) is 0 Å². The topological polar surface area (TPSA) is 47.9 Å². The first-order valence-corrected chi connectivity index (χ1v) is 1.85. The predicted octanol–water partition coefficient (Wildman–Crippen LogP) is 0.0597. The van der Waals surface area contributed by atoms with Gasteiger partial charge in [-0.05, 0) is 12.1 Å². The summed E-state index contributed by atoms with van der Waals surface area (Å²) >= 11 is 0. The molecule has 0 spiro atoms. The maximum absolute atomic E-state index is 3.78. The summed E-state index contributed by atoms with van der Waals surface area (Å²) in [4.78, 5) is 3.78. The van der Waals surface area contributed by atoms with E-state index in [4.69, 9.17) is 0 Å². The van der Waals surface area contributed by atoms with Crippen LogP contribution in [0.15, 0.2) is 30.6 Å². The van der Waals surface area contributed by atoms with Gasteiger partial charge in [-0.2, -0.15) is 0 Å². The minimum absolute atomic E-state index is 0. The molecule has 0 amide bonds. The molecule has 0 fully saturated rings. The van der Waals surface area contributed by atoms with Crippen molar-refractivity contribution in [2.75, 3.05) is 0 Å². The molecule has 0 saturated heterocycles. The third kappa shape index (κ3) is 3.37. The van der Waals surface area contributed by atoms with Crippen LogP contribution < -0.4 is 6.15 Å². The van der Waals surface area contributed by atoms with Crippen molar-refractivity contribution in [3.8, 4) is 0 Å². The lowest BCUT2D eigenvalue weighted by molar-refractivity contribution is 1.33. The molecule has 0 saturated carbocycles. The number of nitrogens with zero attached hydrogens (tertiary/aromatic N) is 1. The van der Waals surface area contributed by atoms with E-state index in [9.17, 15) is 0 Å². The van der Waals surface area contributed by atoms with Crippen LogP contribution in [-0.4, -0.2) is 13.4 Å². The summed E-state index contributed by atoms with van der Waals surface area (Å²) in [5.74, 6) is 0. The summed E-state index contributed by atoms with van der Waals surface area (Å²) in [6, 6.07) is 5.72. The molecule has 1 aromatic rings. The predicted molar refractivity (Wildman–Crippen MR) is 39.2 cm³/mol. The van der Waals surface area contributed by atoms with Gasteiger partial charge in [0.05, 0.1) is 8.41 Å². The van der Waals surface area contributed by atoms with E-state index in [1.165, 1.54) is 0 Å². The Hall–Kier alpha value is -0.825. The van der Waals surface area contributed by atoms with Crippen molar-refractivity contribution in [3.05, 3.63) is 30.6 Å². The number of hydrogen-bond acceptors (Lipinski definition) is 2. The molecular weight excluding hydrogens is 98.9 g/mol. The molecule has 0 bridgehead atoms. The van der Waals surface area contributed by atoms with Crippen LogP contribution in [0.2, 0.25) is 0 Å². The molecule has 1 heterocycles. The molecule has 0 unspecified atom stereocenters. The third-order valence-electron chi connectivity index (χ3n) is 0.566. The van der Waals surface area contributed by atoms with Crippen molar-refractivity contribution in [3.63, 3.8) is 0 Å². The van der Waals surface area contributed by atoms with Crippen LogP contribution in [0.3, 0.4) is 0 Å². The quantitative estimate of drug-likeness (QED) is 0.480. The molecular formula is C5H11BN2. The molecule has 0 aliphatic heterocycles. The second kappa shape index (κ2) is 6.17. The van der Waals surface area contributed by atoms with Crippen LogP contribution in [0, 0.1) is 0 Å². The van der Waals surface area contributed by atoms with Crippen LogP contribution in [0.4, 0.5) is 0 Å². The van der Waals surface area contributed by atoms with Gasteiger partial charge in [0, 0.05) is 12.4 Å². The molecule has 0 aromatic carbocycles. The smallest absolute Gasteiger partial charge is 0.0814 e. The zero-order valence-electron chi connectivity index (χ0n) is 4.04. The van der Waals surface area contributed by atoms with Gasteiger partial charge in [-0.15, -0.1) is 0 Å². The average molecular weight is 110 g/mol. The fraction of sp³-hybridized carbons (Fsp3) is 0. The highest BCUT2D eigenvalue weighted by Crippen LogP contribution is 1.73. The van der Waals surface area contributed by atoms with Gasteiger partial charge in [-0.1, -0.05) is 6.07 Å². The van der Waals surface area contributed by atoms with Crippen molar-refractivity contribution in [1.29, 1.82) is 0 Å². The highest BCUT2D eigenvalue weighted by Gasteiger charge is 1.58. The van der Waals surface area contributed by atoms with E-state index in [0.717, 1.165) is 0 Å². The van der Waals surface area contributed by atoms with Crippen molar-refractivity contribution in [2.45, 2.75) is 0 Å². The Morgan fingerprint density at radius 3 is 1.50 bits per heavy atom. The van der Waals surface area contributed by atoms with Crippen LogP contribution in [0.5, 0.6) is 0 Å². The Morgan fingerprint density at radius 2 is 1.38 bits per heavy atom. The van der Waals surface area contributed by atoms with Gasteiger partial charge >= 0.3 is 0 Å². The first kappa shape index (κ1) is 10.2. The van der Waals surface area contributed by atoms with Crippen LogP contribution >= 0.6 is 0 Å². The molecule has 0 aliphatic rings. The molecule has 2 nitrogen and oxygen atoms in total. The Labute approximate surface area is 51.1 Å². The molecule has 1 rings (SSSR count). The fourth-order valence-corrected chi connectivity index (χ4v) is 0.313. The summed E-state index contributed by atoms with van der Waals surface area (Å²) in [6.07, 6.45) is 3.50. The highest BCUT2D eigenvalue weighted by molar-refractivity contribution is 5.75. The third-order valence-corrected chi connectivity index (χ3v) is 0.566. The lowest BCUT2D eigenvalue weighted by Gasteiger charge is -1.70. The number of rotatable bonds is 0. The monoisotopic (exact) mass is 110 g/mol. The highest BCUT2D eigenvalue weighted by atomic mass is 14.6. The fourth-order valence-electron chi connectivity index (χ4n) is 0.313. The summed E-state index contributed by atoms with van der Waals surface area (Å²) in [6.45, 7) is 0. The maximum atomic E-state index is 3.78. The number of pyridine rings is 1. The summed E-state index contributed by atoms with van der Waals surface area (Å²) in [5, 5.41) is 0. The van der Waals surface area contributed by atoms with Crippen molar-refractivity contribution in [1.82, 2.24) is 11.1 Å².